The fraction of sp³-hybridized carbons (Fsp3) is 0.286. The van der Waals surface area contributed by atoms with Crippen molar-refractivity contribution in [3.8, 4) is 0 Å². The summed E-state index contributed by atoms with van der Waals surface area (Å²) in [6.07, 6.45) is 0.211. The molecule has 0 saturated carbocycles. The predicted molar refractivity (Wildman–Crippen MR) is 104 cm³/mol. The Morgan fingerprint density at radius 3 is 2.41 bits per heavy atom. The fourth-order valence-electron chi connectivity index (χ4n) is 3.14. The molecule has 140 valence electrons. The van der Waals surface area contributed by atoms with E-state index in [0.29, 0.717) is 24.5 Å². The third-order valence-electron chi connectivity index (χ3n) is 4.53. The molecule has 2 aromatic carbocycles. The highest BCUT2D eigenvalue weighted by molar-refractivity contribution is 5.98. The van der Waals surface area contributed by atoms with E-state index in [4.69, 9.17) is 0 Å². The van der Waals surface area contributed by atoms with Crippen LogP contribution >= 0.6 is 0 Å². The number of nitrogens with one attached hydrogen (secondary N) is 2. The second-order valence-corrected chi connectivity index (χ2v) is 6.91. The molecule has 3 rings (SSSR count). The minimum atomic E-state index is -0.382. The Balaban J connectivity index is 1.60. The quantitative estimate of drug-likeness (QED) is 0.855. The van der Waals surface area contributed by atoms with Crippen LogP contribution in [0.25, 0.3) is 0 Å². The smallest absolute Gasteiger partial charge is 0.229 e. The summed E-state index contributed by atoms with van der Waals surface area (Å²) >= 11 is 0. The van der Waals surface area contributed by atoms with E-state index in [2.05, 4.69) is 10.6 Å². The maximum absolute atomic E-state index is 12.6. The van der Waals surface area contributed by atoms with Crippen LogP contribution < -0.4 is 10.6 Å². The van der Waals surface area contributed by atoms with Crippen LogP contribution in [0.4, 0.5) is 11.4 Å². The van der Waals surface area contributed by atoms with Gasteiger partial charge >= 0.3 is 0 Å². The number of hydrogen-bond donors (Lipinski definition) is 2. The number of carbonyl (C=O) groups excluding carboxylic acids is 3. The van der Waals surface area contributed by atoms with E-state index >= 15 is 0 Å². The van der Waals surface area contributed by atoms with Crippen molar-refractivity contribution < 1.29 is 14.4 Å². The van der Waals surface area contributed by atoms with Gasteiger partial charge in [-0.3, -0.25) is 14.4 Å². The number of carbonyl (C=O) groups is 3. The van der Waals surface area contributed by atoms with Crippen LogP contribution in [0.3, 0.4) is 0 Å². The molecule has 0 aliphatic carbocycles. The second-order valence-electron chi connectivity index (χ2n) is 6.91. The number of aryl methyl sites for hydroxylation is 1. The number of hydrogen-bond acceptors (Lipinski definition) is 3. The van der Waals surface area contributed by atoms with E-state index in [1.165, 1.54) is 12.5 Å². The van der Waals surface area contributed by atoms with Crippen molar-refractivity contribution >= 4 is 29.1 Å². The van der Waals surface area contributed by atoms with Crippen LogP contribution in [0.15, 0.2) is 48.5 Å². The average Bonchev–Trinajstić information content (AvgIpc) is 2.97. The molecule has 0 aromatic heterocycles. The molecule has 0 bridgehead atoms. The van der Waals surface area contributed by atoms with Gasteiger partial charge in [0.05, 0.1) is 5.92 Å². The van der Waals surface area contributed by atoms with E-state index in [-0.39, 0.29) is 30.1 Å². The Labute approximate surface area is 158 Å². The molecule has 3 amide bonds. The molecule has 1 fully saturated rings. The van der Waals surface area contributed by atoms with Gasteiger partial charge in [-0.1, -0.05) is 35.9 Å². The zero-order chi connectivity index (χ0) is 19.4. The molecular formula is C21H23N3O3. The highest BCUT2D eigenvalue weighted by Crippen LogP contribution is 2.23. The van der Waals surface area contributed by atoms with Crippen molar-refractivity contribution in [3.05, 3.63) is 59.7 Å². The first-order chi connectivity index (χ1) is 12.9. The SMILES string of the molecule is CC(=O)Nc1cccc(NC(=O)C2CC(=O)N(Cc3ccc(C)cc3)C2)c1. The Morgan fingerprint density at radius 1 is 1.07 bits per heavy atom. The highest BCUT2D eigenvalue weighted by atomic mass is 16.2. The van der Waals surface area contributed by atoms with Crippen LogP contribution in [-0.2, 0) is 20.9 Å². The van der Waals surface area contributed by atoms with E-state index in [1.807, 2.05) is 31.2 Å². The zero-order valence-electron chi connectivity index (χ0n) is 15.5. The normalized spacial score (nSPS) is 16.3. The summed E-state index contributed by atoms with van der Waals surface area (Å²) in [5.41, 5.74) is 3.43. The van der Waals surface area contributed by atoms with Gasteiger partial charge in [0, 0.05) is 37.8 Å². The van der Waals surface area contributed by atoms with E-state index in [1.54, 1.807) is 29.2 Å². The third-order valence-corrected chi connectivity index (χ3v) is 4.53. The lowest BCUT2D eigenvalue weighted by atomic mass is 10.1. The topological polar surface area (TPSA) is 78.5 Å². The Morgan fingerprint density at radius 2 is 1.74 bits per heavy atom. The first kappa shape index (κ1) is 18.6. The number of anilines is 2. The van der Waals surface area contributed by atoms with Gasteiger partial charge < -0.3 is 15.5 Å². The lowest BCUT2D eigenvalue weighted by Crippen LogP contribution is -2.28. The molecule has 0 radical (unpaired) electrons. The molecule has 27 heavy (non-hydrogen) atoms. The first-order valence-electron chi connectivity index (χ1n) is 8.92. The average molecular weight is 365 g/mol. The van der Waals surface area contributed by atoms with Gasteiger partial charge in [-0.2, -0.15) is 0 Å². The molecule has 0 spiro atoms. The van der Waals surface area contributed by atoms with Gasteiger partial charge in [0.25, 0.3) is 0 Å². The highest BCUT2D eigenvalue weighted by Gasteiger charge is 2.34. The molecule has 2 N–H and O–H groups in total. The molecule has 1 atom stereocenters. The standard InChI is InChI=1S/C21H23N3O3/c1-14-6-8-16(9-7-14)12-24-13-17(10-20(24)26)21(27)23-19-5-3-4-18(11-19)22-15(2)25/h3-9,11,17H,10,12-13H2,1-2H3,(H,22,25)(H,23,27). The molecule has 1 unspecified atom stereocenters. The molecule has 6 nitrogen and oxygen atoms in total. The maximum Gasteiger partial charge on any atom is 0.229 e. The van der Waals surface area contributed by atoms with Crippen molar-refractivity contribution in [3.63, 3.8) is 0 Å². The molecule has 1 saturated heterocycles. The molecule has 1 aliphatic heterocycles. The summed E-state index contributed by atoms with van der Waals surface area (Å²) in [6.45, 7) is 4.37. The fourth-order valence-corrected chi connectivity index (χ4v) is 3.14. The summed E-state index contributed by atoms with van der Waals surface area (Å²) in [5, 5.41) is 5.52. The molecular weight excluding hydrogens is 342 g/mol. The Kier molecular flexibility index (Phi) is 5.54. The number of nitrogens with zero attached hydrogens (tertiary/aromatic N) is 1. The van der Waals surface area contributed by atoms with E-state index in [0.717, 1.165) is 5.56 Å². The van der Waals surface area contributed by atoms with Crippen LogP contribution in [0.2, 0.25) is 0 Å². The van der Waals surface area contributed by atoms with Crippen molar-refractivity contribution in [1.82, 2.24) is 4.90 Å². The lowest BCUT2D eigenvalue weighted by Gasteiger charge is -2.17. The van der Waals surface area contributed by atoms with Gasteiger partial charge in [-0.15, -0.1) is 0 Å². The molecule has 2 aromatic rings. The monoisotopic (exact) mass is 365 g/mol. The van der Waals surface area contributed by atoms with E-state index in [9.17, 15) is 14.4 Å². The lowest BCUT2D eigenvalue weighted by molar-refractivity contribution is -0.128. The molecule has 1 heterocycles. The summed E-state index contributed by atoms with van der Waals surface area (Å²) in [7, 11) is 0. The van der Waals surface area contributed by atoms with Crippen LogP contribution in [0, 0.1) is 12.8 Å². The predicted octanol–water partition coefficient (Wildman–Crippen LogP) is 2.94. The number of benzene rings is 2. The number of likely N-dealkylation sites (tertiary alicyclic amines) is 1. The Bertz CT molecular complexity index is 861. The van der Waals surface area contributed by atoms with Crippen LogP contribution in [0.1, 0.15) is 24.5 Å². The summed E-state index contributed by atoms with van der Waals surface area (Å²) in [5.74, 6) is -0.753. The van der Waals surface area contributed by atoms with Crippen molar-refractivity contribution in [2.75, 3.05) is 17.2 Å². The minimum absolute atomic E-state index is 0.0114. The Hall–Kier alpha value is -3.15. The number of amides is 3. The second kappa shape index (κ2) is 8.03. The summed E-state index contributed by atoms with van der Waals surface area (Å²) < 4.78 is 0. The van der Waals surface area contributed by atoms with Gasteiger partial charge in [-0.05, 0) is 30.7 Å². The summed E-state index contributed by atoms with van der Waals surface area (Å²) in [4.78, 5) is 37.7. The molecule has 6 heteroatoms. The van der Waals surface area contributed by atoms with Crippen molar-refractivity contribution in [1.29, 1.82) is 0 Å². The van der Waals surface area contributed by atoms with Gasteiger partial charge in [0.15, 0.2) is 0 Å². The van der Waals surface area contributed by atoms with Crippen LogP contribution in [-0.4, -0.2) is 29.2 Å². The molecule has 1 aliphatic rings. The largest absolute Gasteiger partial charge is 0.338 e. The van der Waals surface area contributed by atoms with Crippen molar-refractivity contribution in [2.45, 2.75) is 26.8 Å². The first-order valence-corrected chi connectivity index (χ1v) is 8.92. The van der Waals surface area contributed by atoms with E-state index < -0.39 is 0 Å². The van der Waals surface area contributed by atoms with Crippen LogP contribution in [0.5, 0.6) is 0 Å². The maximum atomic E-state index is 12.6. The third kappa shape index (κ3) is 4.94. The summed E-state index contributed by atoms with van der Waals surface area (Å²) in [6, 6.07) is 15.0. The van der Waals surface area contributed by atoms with Gasteiger partial charge in [0.2, 0.25) is 17.7 Å². The van der Waals surface area contributed by atoms with Gasteiger partial charge in [-0.25, -0.2) is 0 Å². The van der Waals surface area contributed by atoms with Gasteiger partial charge in [0.1, 0.15) is 0 Å². The minimum Gasteiger partial charge on any atom is -0.338 e. The van der Waals surface area contributed by atoms with Crippen molar-refractivity contribution in [2.24, 2.45) is 5.92 Å². The number of rotatable bonds is 5. The zero-order valence-corrected chi connectivity index (χ0v) is 15.5.